The van der Waals surface area contributed by atoms with E-state index in [1.807, 2.05) is 36.2 Å². The number of likely N-dealkylation sites (tertiary alicyclic amines) is 1. The van der Waals surface area contributed by atoms with Crippen LogP contribution in [0.3, 0.4) is 0 Å². The number of pyridine rings is 1. The highest BCUT2D eigenvalue weighted by Gasteiger charge is 2.38. The minimum atomic E-state index is 0.0579. The molecule has 2 aliphatic heterocycles. The summed E-state index contributed by atoms with van der Waals surface area (Å²) in [5, 5.41) is 7.87. The summed E-state index contributed by atoms with van der Waals surface area (Å²) >= 11 is 0. The van der Waals surface area contributed by atoms with Gasteiger partial charge in [0.05, 0.1) is 5.52 Å². The highest BCUT2D eigenvalue weighted by molar-refractivity contribution is 5.93. The summed E-state index contributed by atoms with van der Waals surface area (Å²) in [6.45, 7) is 4.81. The lowest BCUT2D eigenvalue weighted by Crippen LogP contribution is -2.34. The average molecular weight is 270 g/mol. The van der Waals surface area contributed by atoms with Crippen molar-refractivity contribution >= 4 is 11.4 Å². The maximum Gasteiger partial charge on any atom is 0.274 e. The zero-order valence-corrected chi connectivity index (χ0v) is 11.5. The van der Waals surface area contributed by atoms with Gasteiger partial charge in [-0.25, -0.2) is 4.52 Å². The van der Waals surface area contributed by atoms with Crippen molar-refractivity contribution in [3.05, 3.63) is 35.7 Å². The summed E-state index contributed by atoms with van der Waals surface area (Å²) < 4.78 is 1.77. The molecule has 2 fully saturated rings. The predicted octanol–water partition coefficient (Wildman–Crippen LogP) is 1.08. The largest absolute Gasteiger partial charge is 0.335 e. The number of aromatic nitrogens is 2. The molecule has 0 radical (unpaired) electrons. The van der Waals surface area contributed by atoms with E-state index in [0.717, 1.165) is 25.2 Å². The van der Waals surface area contributed by atoms with Crippen LogP contribution < -0.4 is 5.32 Å². The topological polar surface area (TPSA) is 49.6 Å². The van der Waals surface area contributed by atoms with Gasteiger partial charge in [0.15, 0.2) is 5.69 Å². The molecule has 5 heteroatoms. The minimum Gasteiger partial charge on any atom is -0.335 e. The lowest BCUT2D eigenvalue weighted by Gasteiger charge is -2.15. The molecule has 1 N–H and O–H groups in total. The normalized spacial score (nSPS) is 25.4. The smallest absolute Gasteiger partial charge is 0.274 e. The number of nitrogens with one attached hydrogen (secondary N) is 1. The molecule has 2 aromatic rings. The molecule has 1 amide bonds. The van der Waals surface area contributed by atoms with Crippen molar-refractivity contribution in [1.82, 2.24) is 19.8 Å². The fraction of sp³-hybridized carbons (Fsp3) is 0.467. The van der Waals surface area contributed by atoms with Crippen LogP contribution in [0.1, 0.15) is 22.5 Å². The van der Waals surface area contributed by atoms with Gasteiger partial charge in [0.1, 0.15) is 0 Å². The van der Waals surface area contributed by atoms with Crippen LogP contribution in [0.5, 0.6) is 0 Å². The van der Waals surface area contributed by atoms with Crippen molar-refractivity contribution in [1.29, 1.82) is 0 Å². The number of amides is 1. The summed E-state index contributed by atoms with van der Waals surface area (Å²) in [5.74, 6) is 0.681. The fourth-order valence-corrected chi connectivity index (χ4v) is 3.39. The van der Waals surface area contributed by atoms with Gasteiger partial charge in [0.25, 0.3) is 5.91 Å². The fourth-order valence-electron chi connectivity index (χ4n) is 3.39. The van der Waals surface area contributed by atoms with Gasteiger partial charge in [-0.05, 0) is 49.6 Å². The molecule has 0 aliphatic carbocycles. The van der Waals surface area contributed by atoms with E-state index in [1.165, 1.54) is 12.0 Å². The predicted molar refractivity (Wildman–Crippen MR) is 75.7 cm³/mol. The van der Waals surface area contributed by atoms with E-state index in [4.69, 9.17) is 0 Å². The van der Waals surface area contributed by atoms with Crippen molar-refractivity contribution in [2.75, 3.05) is 19.6 Å². The zero-order chi connectivity index (χ0) is 13.7. The van der Waals surface area contributed by atoms with E-state index in [9.17, 15) is 4.79 Å². The van der Waals surface area contributed by atoms with Crippen molar-refractivity contribution in [2.24, 2.45) is 5.92 Å². The van der Waals surface area contributed by atoms with Gasteiger partial charge in [-0.3, -0.25) is 4.79 Å². The Hall–Kier alpha value is -1.88. The van der Waals surface area contributed by atoms with Gasteiger partial charge < -0.3 is 10.2 Å². The maximum absolute atomic E-state index is 12.6. The Balaban J connectivity index is 1.61. The Morgan fingerprint density at radius 3 is 3.15 bits per heavy atom. The van der Waals surface area contributed by atoms with E-state index < -0.39 is 0 Å². The summed E-state index contributed by atoms with van der Waals surface area (Å²) in [4.78, 5) is 14.5. The second-order valence-corrected chi connectivity index (χ2v) is 5.92. The van der Waals surface area contributed by atoms with E-state index in [2.05, 4.69) is 10.4 Å². The van der Waals surface area contributed by atoms with Crippen LogP contribution in [0.4, 0.5) is 0 Å². The Morgan fingerprint density at radius 1 is 1.40 bits per heavy atom. The molecule has 2 saturated heterocycles. The Labute approximate surface area is 117 Å². The number of aryl methyl sites for hydroxylation is 1. The summed E-state index contributed by atoms with van der Waals surface area (Å²) in [7, 11) is 0. The standard InChI is InChI=1S/C15H18N4O/c1-10-3-5-19-12(6-10)7-13(17-19)15(20)18-8-11-2-4-16-14(11)9-18/h3,5-7,11,14,16H,2,4,8-9H2,1H3. The Kier molecular flexibility index (Phi) is 2.57. The molecule has 0 aromatic carbocycles. The Bertz CT molecular complexity index is 666. The number of fused-ring (bicyclic) bond motifs is 2. The minimum absolute atomic E-state index is 0.0579. The quantitative estimate of drug-likeness (QED) is 0.843. The highest BCUT2D eigenvalue weighted by Crippen LogP contribution is 2.25. The third-order valence-corrected chi connectivity index (χ3v) is 4.49. The van der Waals surface area contributed by atoms with Gasteiger partial charge in [-0.15, -0.1) is 0 Å². The summed E-state index contributed by atoms with van der Waals surface area (Å²) in [6.07, 6.45) is 3.08. The van der Waals surface area contributed by atoms with Crippen molar-refractivity contribution in [2.45, 2.75) is 19.4 Å². The molecule has 4 rings (SSSR count). The van der Waals surface area contributed by atoms with Crippen LogP contribution in [0.2, 0.25) is 0 Å². The monoisotopic (exact) mass is 270 g/mol. The molecule has 2 atom stereocenters. The average Bonchev–Trinajstić information content (AvgIpc) is 3.10. The number of carbonyl (C=O) groups is 1. The number of carbonyl (C=O) groups excluding carboxylic acids is 1. The molecule has 5 nitrogen and oxygen atoms in total. The molecule has 2 unspecified atom stereocenters. The molecule has 0 spiro atoms. The number of nitrogens with zero attached hydrogens (tertiary/aromatic N) is 3. The summed E-state index contributed by atoms with van der Waals surface area (Å²) in [6, 6.07) is 6.41. The van der Waals surface area contributed by atoms with Gasteiger partial charge >= 0.3 is 0 Å². The van der Waals surface area contributed by atoms with Crippen LogP contribution in [-0.2, 0) is 0 Å². The molecule has 2 aliphatic rings. The lowest BCUT2D eigenvalue weighted by atomic mass is 10.1. The number of hydrogen-bond acceptors (Lipinski definition) is 3. The van der Waals surface area contributed by atoms with Gasteiger partial charge in [0.2, 0.25) is 0 Å². The van der Waals surface area contributed by atoms with Crippen LogP contribution in [0.15, 0.2) is 24.4 Å². The molecule has 104 valence electrons. The van der Waals surface area contributed by atoms with Gasteiger partial charge in [-0.2, -0.15) is 5.10 Å². The molecule has 20 heavy (non-hydrogen) atoms. The first-order valence-electron chi connectivity index (χ1n) is 7.19. The van der Waals surface area contributed by atoms with Gasteiger partial charge in [-0.1, -0.05) is 0 Å². The molecule has 0 bridgehead atoms. The summed E-state index contributed by atoms with van der Waals surface area (Å²) in [5.41, 5.74) is 2.71. The van der Waals surface area contributed by atoms with Crippen LogP contribution in [-0.4, -0.2) is 46.1 Å². The lowest BCUT2D eigenvalue weighted by molar-refractivity contribution is 0.0776. The second-order valence-electron chi connectivity index (χ2n) is 5.92. The first-order chi connectivity index (χ1) is 9.70. The van der Waals surface area contributed by atoms with E-state index in [-0.39, 0.29) is 5.91 Å². The van der Waals surface area contributed by atoms with Crippen LogP contribution >= 0.6 is 0 Å². The zero-order valence-electron chi connectivity index (χ0n) is 11.5. The van der Waals surface area contributed by atoms with Crippen molar-refractivity contribution in [3.63, 3.8) is 0 Å². The molecule has 4 heterocycles. The van der Waals surface area contributed by atoms with E-state index in [1.54, 1.807) is 4.52 Å². The van der Waals surface area contributed by atoms with Crippen molar-refractivity contribution < 1.29 is 4.79 Å². The number of hydrogen-bond donors (Lipinski definition) is 1. The molecule has 2 aromatic heterocycles. The van der Waals surface area contributed by atoms with Crippen LogP contribution in [0.25, 0.3) is 5.52 Å². The number of rotatable bonds is 1. The first kappa shape index (κ1) is 11.9. The van der Waals surface area contributed by atoms with E-state index in [0.29, 0.717) is 17.7 Å². The molecular weight excluding hydrogens is 252 g/mol. The third-order valence-electron chi connectivity index (χ3n) is 4.49. The van der Waals surface area contributed by atoms with Crippen molar-refractivity contribution in [3.8, 4) is 0 Å². The molecule has 0 saturated carbocycles. The van der Waals surface area contributed by atoms with E-state index >= 15 is 0 Å². The highest BCUT2D eigenvalue weighted by atomic mass is 16.2. The van der Waals surface area contributed by atoms with Gasteiger partial charge in [0, 0.05) is 25.3 Å². The molecular formula is C15H18N4O. The maximum atomic E-state index is 12.6. The SMILES string of the molecule is Cc1ccn2nc(C(=O)N3CC4CCNC4C3)cc2c1. The first-order valence-corrected chi connectivity index (χ1v) is 7.19. The van der Waals surface area contributed by atoms with Crippen LogP contribution in [0, 0.1) is 12.8 Å². The third kappa shape index (κ3) is 1.81. The second kappa shape index (κ2) is 4.31. The Morgan fingerprint density at radius 2 is 2.30 bits per heavy atom.